The first-order valence-electron chi connectivity index (χ1n) is 7.92. The van der Waals surface area contributed by atoms with E-state index in [9.17, 15) is 9.18 Å². The molecule has 0 aliphatic heterocycles. The Hall–Kier alpha value is -1.58. The highest BCUT2D eigenvalue weighted by Gasteiger charge is 2.07. The maximum Gasteiger partial charge on any atom is 0.335 e. The number of halogens is 1. The van der Waals surface area contributed by atoms with Crippen LogP contribution in [0.4, 0.5) is 10.1 Å². The van der Waals surface area contributed by atoms with Crippen LogP contribution in [0.15, 0.2) is 18.2 Å². The molecule has 3 nitrogen and oxygen atoms in total. The lowest BCUT2D eigenvalue weighted by molar-refractivity contribution is 0.0697. The molecule has 0 spiro atoms. The van der Waals surface area contributed by atoms with Crippen molar-refractivity contribution in [3.63, 3.8) is 0 Å². The first-order chi connectivity index (χ1) is 10.1. The van der Waals surface area contributed by atoms with E-state index in [4.69, 9.17) is 5.11 Å². The van der Waals surface area contributed by atoms with Crippen LogP contribution in [0.1, 0.15) is 68.6 Å². The Kier molecular flexibility index (Phi) is 8.48. The van der Waals surface area contributed by atoms with Gasteiger partial charge in [-0.25, -0.2) is 9.18 Å². The summed E-state index contributed by atoms with van der Waals surface area (Å²) in [6.45, 7) is 2.89. The number of aromatic carboxylic acids is 1. The van der Waals surface area contributed by atoms with Gasteiger partial charge >= 0.3 is 5.97 Å². The van der Waals surface area contributed by atoms with Crippen molar-refractivity contribution in [3.05, 3.63) is 29.6 Å². The van der Waals surface area contributed by atoms with Gasteiger partial charge in [0.2, 0.25) is 0 Å². The largest absolute Gasteiger partial charge is 0.478 e. The second-order valence-corrected chi connectivity index (χ2v) is 5.40. The molecular formula is C17H26FNO2. The van der Waals surface area contributed by atoms with Crippen molar-refractivity contribution < 1.29 is 14.3 Å². The molecule has 1 aromatic rings. The van der Waals surface area contributed by atoms with Gasteiger partial charge in [-0.1, -0.05) is 51.9 Å². The maximum atomic E-state index is 13.5. The third-order valence-electron chi connectivity index (χ3n) is 3.56. The number of carboxylic acid groups (broad SMARTS) is 1. The standard InChI is InChI=1S/C17H26FNO2/c1-2-3-4-5-6-7-8-9-12-19-16-13-14(17(20)21)10-11-15(16)18/h10-11,13,19H,2-9,12H2,1H3,(H,20,21). The molecule has 1 rings (SSSR count). The minimum Gasteiger partial charge on any atom is -0.478 e. The summed E-state index contributed by atoms with van der Waals surface area (Å²) in [5, 5.41) is 11.9. The van der Waals surface area contributed by atoms with Gasteiger partial charge in [-0.05, 0) is 24.6 Å². The van der Waals surface area contributed by atoms with Crippen molar-refractivity contribution in [2.24, 2.45) is 0 Å². The van der Waals surface area contributed by atoms with E-state index in [1.807, 2.05) is 0 Å². The van der Waals surface area contributed by atoms with Crippen LogP contribution in [0.5, 0.6) is 0 Å². The Morgan fingerprint density at radius 1 is 1.10 bits per heavy atom. The van der Waals surface area contributed by atoms with Crippen molar-refractivity contribution in [2.45, 2.75) is 58.3 Å². The monoisotopic (exact) mass is 295 g/mol. The van der Waals surface area contributed by atoms with Crippen LogP contribution in [0.2, 0.25) is 0 Å². The summed E-state index contributed by atoms with van der Waals surface area (Å²) in [4.78, 5) is 10.8. The minimum absolute atomic E-state index is 0.106. The summed E-state index contributed by atoms with van der Waals surface area (Å²) in [7, 11) is 0. The van der Waals surface area contributed by atoms with Crippen molar-refractivity contribution in [2.75, 3.05) is 11.9 Å². The van der Waals surface area contributed by atoms with Crippen LogP contribution in [0.3, 0.4) is 0 Å². The predicted octanol–water partition coefficient (Wildman–Crippen LogP) is 5.08. The lowest BCUT2D eigenvalue weighted by Gasteiger charge is -2.08. The third-order valence-corrected chi connectivity index (χ3v) is 3.56. The molecule has 0 atom stereocenters. The second kappa shape index (κ2) is 10.2. The van der Waals surface area contributed by atoms with Gasteiger partial charge in [-0.3, -0.25) is 0 Å². The second-order valence-electron chi connectivity index (χ2n) is 5.40. The van der Waals surface area contributed by atoms with Gasteiger partial charge in [0.15, 0.2) is 0 Å². The van der Waals surface area contributed by atoms with E-state index in [-0.39, 0.29) is 11.3 Å². The molecule has 0 radical (unpaired) electrons. The molecule has 0 fully saturated rings. The van der Waals surface area contributed by atoms with Crippen molar-refractivity contribution >= 4 is 11.7 Å². The lowest BCUT2D eigenvalue weighted by atomic mass is 10.1. The SMILES string of the molecule is CCCCCCCCCCNc1cc(C(=O)O)ccc1F. The number of anilines is 1. The fraction of sp³-hybridized carbons (Fsp3) is 0.588. The zero-order valence-corrected chi connectivity index (χ0v) is 12.8. The quantitative estimate of drug-likeness (QED) is 0.560. The van der Waals surface area contributed by atoms with Crippen LogP contribution in [0, 0.1) is 5.82 Å². The zero-order chi connectivity index (χ0) is 15.5. The number of rotatable bonds is 11. The average Bonchev–Trinajstić information content (AvgIpc) is 2.47. The van der Waals surface area contributed by atoms with Crippen LogP contribution in [-0.4, -0.2) is 17.6 Å². The average molecular weight is 295 g/mol. The predicted molar refractivity (Wildman–Crippen MR) is 84.5 cm³/mol. The molecule has 0 aliphatic carbocycles. The highest BCUT2D eigenvalue weighted by atomic mass is 19.1. The Balaban J connectivity index is 2.18. The van der Waals surface area contributed by atoms with Crippen LogP contribution in [0.25, 0.3) is 0 Å². The van der Waals surface area contributed by atoms with E-state index < -0.39 is 11.8 Å². The molecule has 0 saturated carbocycles. The molecule has 0 aromatic heterocycles. The highest BCUT2D eigenvalue weighted by molar-refractivity contribution is 5.88. The van der Waals surface area contributed by atoms with Crippen LogP contribution in [-0.2, 0) is 0 Å². The summed E-state index contributed by atoms with van der Waals surface area (Å²) in [6, 6.07) is 3.82. The van der Waals surface area contributed by atoms with Crippen molar-refractivity contribution in [3.8, 4) is 0 Å². The van der Waals surface area contributed by atoms with E-state index in [0.717, 1.165) is 12.8 Å². The third kappa shape index (κ3) is 7.11. The molecule has 0 bridgehead atoms. The van der Waals surface area contributed by atoms with E-state index in [1.54, 1.807) is 0 Å². The molecule has 0 unspecified atom stereocenters. The molecule has 0 amide bonds. The number of nitrogens with one attached hydrogen (secondary N) is 1. The molecule has 2 N–H and O–H groups in total. The highest BCUT2D eigenvalue weighted by Crippen LogP contribution is 2.16. The first kappa shape index (κ1) is 17.5. The van der Waals surface area contributed by atoms with Crippen LogP contribution < -0.4 is 5.32 Å². The fourth-order valence-corrected chi connectivity index (χ4v) is 2.28. The van der Waals surface area contributed by atoms with Gasteiger partial charge in [-0.2, -0.15) is 0 Å². The van der Waals surface area contributed by atoms with Gasteiger partial charge in [0.25, 0.3) is 0 Å². The topological polar surface area (TPSA) is 49.3 Å². The number of unbranched alkanes of at least 4 members (excludes halogenated alkanes) is 7. The van der Waals surface area contributed by atoms with Crippen LogP contribution >= 0.6 is 0 Å². The normalized spacial score (nSPS) is 10.6. The first-order valence-corrected chi connectivity index (χ1v) is 7.92. The fourth-order valence-electron chi connectivity index (χ4n) is 2.28. The number of hydrogen-bond donors (Lipinski definition) is 2. The molecule has 118 valence electrons. The van der Waals surface area contributed by atoms with E-state index in [1.165, 1.54) is 56.7 Å². The Bertz CT molecular complexity index is 435. The molecule has 0 heterocycles. The smallest absolute Gasteiger partial charge is 0.335 e. The summed E-state index contributed by atoms with van der Waals surface area (Å²) in [5.41, 5.74) is 0.382. The van der Waals surface area contributed by atoms with E-state index >= 15 is 0 Å². The summed E-state index contributed by atoms with van der Waals surface area (Å²) >= 11 is 0. The van der Waals surface area contributed by atoms with Crippen molar-refractivity contribution in [1.82, 2.24) is 0 Å². The van der Waals surface area contributed by atoms with Gasteiger partial charge in [0, 0.05) is 6.54 Å². The molecule has 4 heteroatoms. The Morgan fingerprint density at radius 2 is 1.71 bits per heavy atom. The molecule has 1 aromatic carbocycles. The number of hydrogen-bond acceptors (Lipinski definition) is 2. The number of carboxylic acids is 1. The Labute approximate surface area is 126 Å². The summed E-state index contributed by atoms with van der Waals surface area (Å²) in [5.74, 6) is -1.44. The van der Waals surface area contributed by atoms with E-state index in [0.29, 0.717) is 6.54 Å². The molecule has 0 saturated heterocycles. The van der Waals surface area contributed by atoms with Gasteiger partial charge < -0.3 is 10.4 Å². The van der Waals surface area contributed by atoms with Gasteiger partial charge in [0.05, 0.1) is 11.3 Å². The lowest BCUT2D eigenvalue weighted by Crippen LogP contribution is -2.05. The maximum absolute atomic E-state index is 13.5. The molecule has 21 heavy (non-hydrogen) atoms. The molecule has 0 aliphatic rings. The summed E-state index contributed by atoms with van der Waals surface area (Å²) < 4.78 is 13.5. The number of benzene rings is 1. The Morgan fingerprint density at radius 3 is 2.33 bits per heavy atom. The molecular weight excluding hydrogens is 269 g/mol. The summed E-state index contributed by atoms with van der Waals surface area (Å²) in [6.07, 6.45) is 9.79. The zero-order valence-electron chi connectivity index (χ0n) is 12.8. The van der Waals surface area contributed by atoms with E-state index in [2.05, 4.69) is 12.2 Å². The van der Waals surface area contributed by atoms with Crippen molar-refractivity contribution in [1.29, 1.82) is 0 Å². The van der Waals surface area contributed by atoms with Gasteiger partial charge in [-0.15, -0.1) is 0 Å². The minimum atomic E-state index is -1.04. The number of carbonyl (C=O) groups is 1. The van der Waals surface area contributed by atoms with Gasteiger partial charge in [0.1, 0.15) is 5.82 Å².